The summed E-state index contributed by atoms with van der Waals surface area (Å²) in [6.07, 6.45) is 8.93. The van der Waals surface area contributed by atoms with Gasteiger partial charge in [-0.05, 0) is 31.7 Å². The van der Waals surface area contributed by atoms with E-state index in [0.717, 1.165) is 16.3 Å². The number of nitrogens with one attached hydrogen (secondary N) is 1. The van der Waals surface area contributed by atoms with Crippen molar-refractivity contribution in [3.63, 3.8) is 0 Å². The average Bonchev–Trinajstić information content (AvgIpc) is 3.06. The summed E-state index contributed by atoms with van der Waals surface area (Å²) in [5.41, 5.74) is 2.22. The van der Waals surface area contributed by atoms with Crippen LogP contribution in [0.4, 0.5) is 0 Å². The van der Waals surface area contributed by atoms with E-state index in [4.69, 9.17) is 11.6 Å². The molecule has 0 radical (unpaired) electrons. The van der Waals surface area contributed by atoms with Gasteiger partial charge >= 0.3 is 0 Å². The van der Waals surface area contributed by atoms with Crippen LogP contribution in [0.5, 0.6) is 0 Å². The third-order valence-corrected chi connectivity index (χ3v) is 4.99. The molecule has 0 saturated carbocycles. The van der Waals surface area contributed by atoms with Crippen LogP contribution in [0.15, 0.2) is 36.8 Å². The van der Waals surface area contributed by atoms with Crippen molar-refractivity contribution < 1.29 is 0 Å². The van der Waals surface area contributed by atoms with Gasteiger partial charge in [0.05, 0.1) is 18.2 Å². The normalized spacial score (nSPS) is 28.8. The van der Waals surface area contributed by atoms with Gasteiger partial charge in [-0.15, -0.1) is 0 Å². The molecule has 0 spiro atoms. The Morgan fingerprint density at radius 2 is 1.90 bits per heavy atom. The lowest BCUT2D eigenvalue weighted by molar-refractivity contribution is 0.300. The molecule has 4 heteroatoms. The van der Waals surface area contributed by atoms with E-state index >= 15 is 0 Å². The highest BCUT2D eigenvalue weighted by Gasteiger charge is 2.34. The summed E-state index contributed by atoms with van der Waals surface area (Å²) < 4.78 is 2.33. The van der Waals surface area contributed by atoms with Crippen LogP contribution in [0, 0.1) is 0 Å². The van der Waals surface area contributed by atoms with Crippen molar-refractivity contribution in [2.75, 3.05) is 0 Å². The van der Waals surface area contributed by atoms with Gasteiger partial charge in [-0.3, -0.25) is 0 Å². The first-order chi connectivity index (χ1) is 9.81. The molecule has 0 aliphatic carbocycles. The molecular formula is C16H18ClN3. The van der Waals surface area contributed by atoms with E-state index in [-0.39, 0.29) is 0 Å². The monoisotopic (exact) mass is 287 g/mol. The largest absolute Gasteiger partial charge is 0.327 e. The Labute approximate surface area is 124 Å². The van der Waals surface area contributed by atoms with E-state index in [1.54, 1.807) is 0 Å². The first-order valence-electron chi connectivity index (χ1n) is 7.34. The number of aromatic nitrogens is 2. The fourth-order valence-electron chi connectivity index (χ4n) is 3.73. The summed E-state index contributed by atoms with van der Waals surface area (Å²) in [5, 5.41) is 4.49. The minimum Gasteiger partial charge on any atom is -0.327 e. The van der Waals surface area contributed by atoms with E-state index < -0.39 is 0 Å². The number of hydrogen-bond acceptors (Lipinski definition) is 2. The highest BCUT2D eigenvalue weighted by Crippen LogP contribution is 2.37. The maximum absolute atomic E-state index is 6.34. The zero-order chi connectivity index (χ0) is 13.5. The quantitative estimate of drug-likeness (QED) is 0.913. The molecule has 0 amide bonds. The molecule has 2 aliphatic rings. The Bertz CT molecular complexity index is 610. The van der Waals surface area contributed by atoms with Gasteiger partial charge < -0.3 is 9.88 Å². The molecule has 2 saturated heterocycles. The molecule has 104 valence electrons. The summed E-state index contributed by atoms with van der Waals surface area (Å²) in [6.45, 7) is 0. The number of halogens is 1. The van der Waals surface area contributed by atoms with Gasteiger partial charge in [-0.25, -0.2) is 4.98 Å². The Kier molecular flexibility index (Phi) is 3.04. The number of piperidine rings is 1. The second-order valence-corrected chi connectivity index (χ2v) is 6.34. The highest BCUT2D eigenvalue weighted by molar-refractivity contribution is 6.33. The average molecular weight is 288 g/mol. The Hall–Kier alpha value is -1.32. The molecule has 20 heavy (non-hydrogen) atoms. The van der Waals surface area contributed by atoms with Gasteiger partial charge in [0.1, 0.15) is 0 Å². The maximum atomic E-state index is 6.34. The van der Waals surface area contributed by atoms with Crippen molar-refractivity contribution in [3.05, 3.63) is 41.8 Å². The summed E-state index contributed by atoms with van der Waals surface area (Å²) in [7, 11) is 0. The van der Waals surface area contributed by atoms with Crippen LogP contribution in [-0.2, 0) is 0 Å². The highest BCUT2D eigenvalue weighted by atomic mass is 35.5. The first-order valence-corrected chi connectivity index (χ1v) is 7.72. The fraction of sp³-hybridized carbons (Fsp3) is 0.438. The topological polar surface area (TPSA) is 29.9 Å². The molecular weight excluding hydrogens is 270 g/mol. The van der Waals surface area contributed by atoms with Crippen LogP contribution >= 0.6 is 11.6 Å². The molecule has 2 atom stereocenters. The minimum atomic E-state index is 0.544. The molecule has 1 N–H and O–H groups in total. The molecule has 2 bridgehead atoms. The third-order valence-electron chi connectivity index (χ3n) is 4.66. The molecule has 1 aromatic heterocycles. The van der Waals surface area contributed by atoms with Gasteiger partial charge in [0.15, 0.2) is 0 Å². The number of hydrogen-bond donors (Lipinski definition) is 1. The Morgan fingerprint density at radius 3 is 2.65 bits per heavy atom. The van der Waals surface area contributed by atoms with Crippen LogP contribution < -0.4 is 5.32 Å². The Morgan fingerprint density at radius 1 is 1.15 bits per heavy atom. The van der Waals surface area contributed by atoms with E-state index in [2.05, 4.69) is 20.9 Å². The van der Waals surface area contributed by atoms with E-state index in [0.29, 0.717) is 18.1 Å². The standard InChI is InChI=1S/C16H18ClN3/c17-15-4-2-1-3-14(15)16-9-18-10-20(16)13-7-11-5-6-12(8-13)19-11/h1-4,9-13,19H,5-8H2. The van der Waals surface area contributed by atoms with Crippen molar-refractivity contribution in [2.24, 2.45) is 0 Å². The van der Waals surface area contributed by atoms with Crippen molar-refractivity contribution in [1.82, 2.24) is 14.9 Å². The van der Waals surface area contributed by atoms with Crippen LogP contribution in [0.1, 0.15) is 31.7 Å². The van der Waals surface area contributed by atoms with Crippen molar-refractivity contribution in [3.8, 4) is 11.3 Å². The summed E-state index contributed by atoms with van der Waals surface area (Å²) in [4.78, 5) is 4.37. The van der Waals surface area contributed by atoms with Gasteiger partial charge in [0.25, 0.3) is 0 Å². The SMILES string of the molecule is Clc1ccccc1-c1cncn1C1CC2CCC(C1)N2. The number of rotatable bonds is 2. The third kappa shape index (κ3) is 2.05. The van der Waals surface area contributed by atoms with Gasteiger partial charge in [0, 0.05) is 28.7 Å². The maximum Gasteiger partial charge on any atom is 0.0953 e. The van der Waals surface area contributed by atoms with Crippen LogP contribution in [0.3, 0.4) is 0 Å². The van der Waals surface area contributed by atoms with Crippen LogP contribution in [-0.4, -0.2) is 21.6 Å². The van der Waals surface area contributed by atoms with Crippen LogP contribution in [0.2, 0.25) is 5.02 Å². The molecule has 2 aromatic rings. The van der Waals surface area contributed by atoms with E-state index in [1.807, 2.05) is 30.7 Å². The predicted octanol–water partition coefficient (Wildman–Crippen LogP) is 3.66. The number of imidazole rings is 1. The predicted molar refractivity (Wildman–Crippen MR) is 80.9 cm³/mol. The molecule has 4 rings (SSSR count). The second kappa shape index (κ2) is 4.90. The Balaban J connectivity index is 1.70. The van der Waals surface area contributed by atoms with Gasteiger partial charge in [0.2, 0.25) is 0 Å². The van der Waals surface area contributed by atoms with Crippen molar-refractivity contribution in [2.45, 2.75) is 43.8 Å². The molecule has 3 heterocycles. The van der Waals surface area contributed by atoms with Crippen molar-refractivity contribution in [1.29, 1.82) is 0 Å². The lowest BCUT2D eigenvalue weighted by Crippen LogP contribution is -2.38. The fourth-order valence-corrected chi connectivity index (χ4v) is 3.96. The molecule has 2 aliphatic heterocycles. The molecule has 1 aromatic carbocycles. The lowest BCUT2D eigenvalue weighted by Gasteiger charge is -2.31. The molecule has 3 nitrogen and oxygen atoms in total. The molecule has 2 fully saturated rings. The molecule has 2 unspecified atom stereocenters. The van der Waals surface area contributed by atoms with Gasteiger partial charge in [-0.2, -0.15) is 0 Å². The van der Waals surface area contributed by atoms with Crippen molar-refractivity contribution >= 4 is 11.6 Å². The van der Waals surface area contributed by atoms with Gasteiger partial charge in [-0.1, -0.05) is 29.8 Å². The lowest BCUT2D eigenvalue weighted by atomic mass is 9.99. The van der Waals surface area contributed by atoms with E-state index in [1.165, 1.54) is 25.7 Å². The second-order valence-electron chi connectivity index (χ2n) is 5.93. The number of benzene rings is 1. The zero-order valence-electron chi connectivity index (χ0n) is 11.3. The minimum absolute atomic E-state index is 0.544. The summed E-state index contributed by atoms with van der Waals surface area (Å²) >= 11 is 6.34. The first kappa shape index (κ1) is 12.4. The number of nitrogens with zero attached hydrogens (tertiary/aromatic N) is 2. The zero-order valence-corrected chi connectivity index (χ0v) is 12.1. The summed E-state index contributed by atoms with van der Waals surface area (Å²) in [6, 6.07) is 9.93. The number of fused-ring (bicyclic) bond motifs is 2. The van der Waals surface area contributed by atoms with E-state index in [9.17, 15) is 0 Å². The smallest absolute Gasteiger partial charge is 0.0953 e. The van der Waals surface area contributed by atoms with Crippen LogP contribution in [0.25, 0.3) is 11.3 Å². The summed E-state index contributed by atoms with van der Waals surface area (Å²) in [5.74, 6) is 0.